The summed E-state index contributed by atoms with van der Waals surface area (Å²) in [7, 11) is 0. The van der Waals surface area contributed by atoms with Crippen molar-refractivity contribution in [2.75, 3.05) is 16.8 Å². The van der Waals surface area contributed by atoms with E-state index >= 15 is 0 Å². The van der Waals surface area contributed by atoms with Crippen LogP contribution in [0.4, 0.5) is 15.8 Å². The minimum Gasteiger partial charge on any atom is -0.398 e. The Kier molecular flexibility index (Phi) is 5.09. The van der Waals surface area contributed by atoms with Gasteiger partial charge in [-0.05, 0) is 42.8 Å². The van der Waals surface area contributed by atoms with E-state index in [1.807, 2.05) is 19.1 Å². The Balaban J connectivity index is 1.97. The summed E-state index contributed by atoms with van der Waals surface area (Å²) in [6.07, 6.45) is 0. The molecule has 0 aliphatic heterocycles. The minimum atomic E-state index is -0.559. The molecule has 0 fully saturated rings. The molecule has 2 aromatic rings. The van der Waals surface area contributed by atoms with E-state index in [-0.39, 0.29) is 22.4 Å². The van der Waals surface area contributed by atoms with Gasteiger partial charge in [0.15, 0.2) is 0 Å². The maximum atomic E-state index is 13.6. The highest BCUT2D eigenvalue weighted by atomic mass is 35.5. The van der Waals surface area contributed by atoms with Crippen molar-refractivity contribution in [3.05, 3.63) is 52.8 Å². The number of nitrogens with one attached hydrogen (secondary N) is 1. The van der Waals surface area contributed by atoms with Crippen molar-refractivity contribution in [2.24, 2.45) is 0 Å². The lowest BCUT2D eigenvalue weighted by Crippen LogP contribution is -2.15. The van der Waals surface area contributed by atoms with Gasteiger partial charge in [0.2, 0.25) is 5.91 Å². The second kappa shape index (κ2) is 6.83. The van der Waals surface area contributed by atoms with E-state index in [4.69, 9.17) is 17.3 Å². The summed E-state index contributed by atoms with van der Waals surface area (Å²) in [5.74, 6) is -0.714. The number of hydrogen-bond acceptors (Lipinski definition) is 3. The van der Waals surface area contributed by atoms with Gasteiger partial charge in [-0.25, -0.2) is 4.39 Å². The Morgan fingerprint density at radius 3 is 2.81 bits per heavy atom. The highest BCUT2D eigenvalue weighted by Gasteiger charge is 2.09. The van der Waals surface area contributed by atoms with Crippen LogP contribution in [0.5, 0.6) is 0 Å². The van der Waals surface area contributed by atoms with Gasteiger partial charge in [0.1, 0.15) is 5.82 Å². The predicted molar refractivity (Wildman–Crippen MR) is 86.4 cm³/mol. The molecule has 110 valence electrons. The highest BCUT2D eigenvalue weighted by Crippen LogP contribution is 2.26. The smallest absolute Gasteiger partial charge is 0.234 e. The van der Waals surface area contributed by atoms with E-state index in [0.717, 1.165) is 16.5 Å². The molecule has 0 unspecified atom stereocenters. The zero-order valence-electron chi connectivity index (χ0n) is 11.3. The van der Waals surface area contributed by atoms with Gasteiger partial charge in [-0.1, -0.05) is 17.7 Å². The van der Waals surface area contributed by atoms with Gasteiger partial charge in [-0.3, -0.25) is 4.79 Å². The Bertz CT molecular complexity index is 679. The van der Waals surface area contributed by atoms with Crippen LogP contribution in [-0.4, -0.2) is 11.7 Å². The van der Waals surface area contributed by atoms with E-state index < -0.39 is 5.82 Å². The molecule has 0 saturated heterocycles. The molecule has 0 heterocycles. The monoisotopic (exact) mass is 324 g/mol. The van der Waals surface area contributed by atoms with Gasteiger partial charge < -0.3 is 11.1 Å². The van der Waals surface area contributed by atoms with Crippen LogP contribution < -0.4 is 11.1 Å². The van der Waals surface area contributed by atoms with Crippen molar-refractivity contribution in [2.45, 2.75) is 11.8 Å². The maximum Gasteiger partial charge on any atom is 0.234 e. The molecule has 3 nitrogen and oxygen atoms in total. The molecule has 0 bridgehead atoms. The number of thioether (sulfide) groups is 1. The van der Waals surface area contributed by atoms with E-state index in [1.54, 1.807) is 6.07 Å². The first kappa shape index (κ1) is 15.7. The summed E-state index contributed by atoms with van der Waals surface area (Å²) < 4.78 is 13.6. The molecular formula is C15H14ClFN2OS. The number of aryl methyl sites for hydroxylation is 1. The summed E-state index contributed by atoms with van der Waals surface area (Å²) in [6.45, 7) is 1.95. The quantitative estimate of drug-likeness (QED) is 0.657. The van der Waals surface area contributed by atoms with Gasteiger partial charge in [-0.2, -0.15) is 0 Å². The number of carbonyl (C=O) groups excluding carboxylic acids is 1. The molecule has 0 aliphatic carbocycles. The zero-order chi connectivity index (χ0) is 15.4. The molecule has 3 N–H and O–H groups in total. The number of rotatable bonds is 4. The summed E-state index contributed by atoms with van der Waals surface area (Å²) in [5, 5.41) is 2.79. The maximum absolute atomic E-state index is 13.6. The van der Waals surface area contributed by atoms with Gasteiger partial charge in [-0.15, -0.1) is 11.8 Å². The van der Waals surface area contributed by atoms with E-state index in [1.165, 1.54) is 23.9 Å². The fourth-order valence-corrected chi connectivity index (χ4v) is 2.71. The molecular weight excluding hydrogens is 311 g/mol. The van der Waals surface area contributed by atoms with Crippen LogP contribution in [0.3, 0.4) is 0 Å². The summed E-state index contributed by atoms with van der Waals surface area (Å²) in [5.41, 5.74) is 7.64. The standard InChI is InChI=1S/C15H14ClFN2OS/c1-9-2-4-12(18)14(6-9)21-8-15(20)19-13-5-3-10(16)7-11(13)17/h2-7H,8,18H2,1H3,(H,19,20). The third-order valence-electron chi connectivity index (χ3n) is 2.73. The van der Waals surface area contributed by atoms with Gasteiger partial charge in [0.25, 0.3) is 0 Å². The summed E-state index contributed by atoms with van der Waals surface area (Å²) >= 11 is 6.97. The SMILES string of the molecule is Cc1ccc(N)c(SCC(=O)Nc2ccc(Cl)cc2F)c1. The van der Waals surface area contributed by atoms with Crippen molar-refractivity contribution >= 4 is 40.6 Å². The van der Waals surface area contributed by atoms with Crippen molar-refractivity contribution < 1.29 is 9.18 Å². The van der Waals surface area contributed by atoms with Crippen molar-refractivity contribution in [1.29, 1.82) is 0 Å². The number of nitrogen functional groups attached to an aromatic ring is 1. The van der Waals surface area contributed by atoms with Crippen LogP contribution in [-0.2, 0) is 4.79 Å². The lowest BCUT2D eigenvalue weighted by molar-refractivity contribution is -0.113. The van der Waals surface area contributed by atoms with Gasteiger partial charge in [0.05, 0.1) is 11.4 Å². The molecule has 6 heteroatoms. The molecule has 1 amide bonds. The molecule has 0 aromatic heterocycles. The molecule has 2 rings (SSSR count). The Labute approximate surface area is 131 Å². The first-order chi connectivity index (χ1) is 9.95. The molecule has 2 aromatic carbocycles. The largest absolute Gasteiger partial charge is 0.398 e. The lowest BCUT2D eigenvalue weighted by atomic mass is 10.2. The number of amides is 1. The number of nitrogens with two attached hydrogens (primary N) is 1. The Hall–Kier alpha value is -1.72. The minimum absolute atomic E-state index is 0.113. The van der Waals surface area contributed by atoms with E-state index in [9.17, 15) is 9.18 Å². The van der Waals surface area contributed by atoms with Gasteiger partial charge in [0, 0.05) is 15.6 Å². The van der Waals surface area contributed by atoms with Gasteiger partial charge >= 0.3 is 0 Å². The fraction of sp³-hybridized carbons (Fsp3) is 0.133. The number of benzene rings is 2. The molecule has 0 atom stereocenters. The third-order valence-corrected chi connectivity index (χ3v) is 4.04. The van der Waals surface area contributed by atoms with Crippen LogP contribution in [0.1, 0.15) is 5.56 Å². The molecule has 0 radical (unpaired) electrons. The Morgan fingerprint density at radius 2 is 2.10 bits per heavy atom. The molecule has 0 saturated carbocycles. The average Bonchev–Trinajstić information content (AvgIpc) is 2.43. The lowest BCUT2D eigenvalue weighted by Gasteiger charge is -2.08. The van der Waals surface area contributed by atoms with E-state index in [0.29, 0.717) is 5.69 Å². The highest BCUT2D eigenvalue weighted by molar-refractivity contribution is 8.00. The second-order valence-electron chi connectivity index (χ2n) is 4.50. The number of hydrogen-bond donors (Lipinski definition) is 2. The van der Waals surface area contributed by atoms with Crippen LogP contribution in [0.2, 0.25) is 5.02 Å². The van der Waals surface area contributed by atoms with Crippen LogP contribution in [0.25, 0.3) is 0 Å². The topological polar surface area (TPSA) is 55.1 Å². The zero-order valence-corrected chi connectivity index (χ0v) is 12.9. The number of anilines is 2. The van der Waals surface area contributed by atoms with Crippen molar-refractivity contribution in [3.63, 3.8) is 0 Å². The molecule has 0 spiro atoms. The van der Waals surface area contributed by atoms with Crippen molar-refractivity contribution in [1.82, 2.24) is 0 Å². The third kappa shape index (κ3) is 4.37. The number of carbonyl (C=O) groups is 1. The second-order valence-corrected chi connectivity index (χ2v) is 5.96. The Morgan fingerprint density at radius 1 is 1.33 bits per heavy atom. The average molecular weight is 325 g/mol. The van der Waals surface area contributed by atoms with Crippen LogP contribution in [0.15, 0.2) is 41.3 Å². The van der Waals surface area contributed by atoms with Crippen LogP contribution >= 0.6 is 23.4 Å². The molecule has 21 heavy (non-hydrogen) atoms. The fourth-order valence-electron chi connectivity index (χ4n) is 1.69. The summed E-state index contributed by atoms with van der Waals surface area (Å²) in [4.78, 5) is 12.7. The van der Waals surface area contributed by atoms with E-state index in [2.05, 4.69) is 5.32 Å². The number of halogens is 2. The van der Waals surface area contributed by atoms with Crippen LogP contribution in [0, 0.1) is 12.7 Å². The first-order valence-corrected chi connectivity index (χ1v) is 7.56. The predicted octanol–water partition coefficient (Wildman–Crippen LogP) is 4.10. The van der Waals surface area contributed by atoms with Crippen molar-refractivity contribution in [3.8, 4) is 0 Å². The first-order valence-electron chi connectivity index (χ1n) is 6.19. The normalized spacial score (nSPS) is 10.4. The summed E-state index contributed by atoms with van der Waals surface area (Å²) in [6, 6.07) is 9.73. The molecule has 0 aliphatic rings.